The Hall–Kier alpha value is -5.47. The van der Waals surface area contributed by atoms with E-state index in [2.05, 4.69) is 21.3 Å². The number of nitrogens with one attached hydrogen (secondary N) is 4. The minimum Gasteiger partial charge on any atom is -0.458 e. The van der Waals surface area contributed by atoms with Crippen molar-refractivity contribution in [2.45, 2.75) is 115 Å². The van der Waals surface area contributed by atoms with Crippen molar-refractivity contribution in [1.29, 1.82) is 0 Å². The van der Waals surface area contributed by atoms with Crippen LogP contribution in [0.5, 0.6) is 0 Å². The number of aryl methyl sites for hydroxylation is 1. The maximum absolute atomic E-state index is 14.7. The van der Waals surface area contributed by atoms with Crippen molar-refractivity contribution in [1.82, 2.24) is 30.7 Å². The zero-order valence-corrected chi connectivity index (χ0v) is 32.5. The number of fused-ring (bicyclic) bond motifs is 3. The second-order valence-corrected chi connectivity index (χ2v) is 15.6. The lowest BCUT2D eigenvalue weighted by atomic mass is 9.99. The van der Waals surface area contributed by atoms with Crippen LogP contribution in [-0.4, -0.2) is 118 Å². The van der Waals surface area contributed by atoms with Gasteiger partial charge in [0.1, 0.15) is 42.4 Å². The number of rotatable bonds is 6. The zero-order chi connectivity index (χ0) is 40.1. The summed E-state index contributed by atoms with van der Waals surface area (Å²) in [7, 11) is 0. The summed E-state index contributed by atoms with van der Waals surface area (Å²) in [5.74, 6) is -3.46. The predicted molar refractivity (Wildman–Crippen MR) is 206 cm³/mol. The maximum Gasteiger partial charge on any atom is 0.329 e. The molecule has 8 unspecified atom stereocenters. The van der Waals surface area contributed by atoms with Gasteiger partial charge in [-0.2, -0.15) is 0 Å². The van der Waals surface area contributed by atoms with Crippen LogP contribution in [-0.2, 0) is 39.9 Å². The van der Waals surface area contributed by atoms with E-state index in [-0.39, 0.29) is 31.3 Å². The number of hydrogen-bond acceptors (Lipinski definition) is 8. The molecule has 15 heteroatoms. The molecular weight excluding hydrogens is 718 g/mol. The van der Waals surface area contributed by atoms with Gasteiger partial charge in [-0.15, -0.1) is 0 Å². The Balaban J connectivity index is 1.32. The molecule has 4 saturated heterocycles. The van der Waals surface area contributed by atoms with E-state index in [0.717, 1.165) is 11.1 Å². The van der Waals surface area contributed by atoms with Crippen molar-refractivity contribution >= 4 is 47.2 Å². The lowest BCUT2D eigenvalue weighted by molar-refractivity contribution is -0.163. The summed E-state index contributed by atoms with van der Waals surface area (Å²) in [5, 5.41) is 11.1. The van der Waals surface area contributed by atoms with E-state index in [0.29, 0.717) is 50.8 Å². The van der Waals surface area contributed by atoms with Crippen molar-refractivity contribution in [3.63, 3.8) is 0 Å². The fraction of sp³-hybridized carbons (Fsp3) is 0.537. The van der Waals surface area contributed by atoms with E-state index in [4.69, 9.17) is 4.74 Å². The molecule has 4 N–H and O–H groups in total. The number of anilines is 1. The molecule has 4 fully saturated rings. The molecular formula is C41H53N7O8. The van der Waals surface area contributed by atoms with Crippen molar-refractivity contribution in [3.8, 4) is 0 Å². The first-order valence-corrected chi connectivity index (χ1v) is 19.7. The van der Waals surface area contributed by atoms with Gasteiger partial charge in [0.05, 0.1) is 0 Å². The van der Waals surface area contributed by atoms with Crippen molar-refractivity contribution in [3.05, 3.63) is 65.7 Å². The van der Waals surface area contributed by atoms with E-state index in [1.165, 1.54) is 21.6 Å². The summed E-state index contributed by atoms with van der Waals surface area (Å²) < 4.78 is 5.95. The average molecular weight is 772 g/mol. The molecule has 4 aliphatic rings. The number of cyclic esters (lactones) is 1. The topological polar surface area (TPSA) is 187 Å². The average Bonchev–Trinajstić information content (AvgIpc) is 3.84. The van der Waals surface area contributed by atoms with Crippen LogP contribution in [0, 0.1) is 12.8 Å². The molecule has 6 rings (SSSR count). The minimum absolute atomic E-state index is 0.0541. The Morgan fingerprint density at radius 2 is 1.48 bits per heavy atom. The van der Waals surface area contributed by atoms with Crippen LogP contribution in [0.2, 0.25) is 0 Å². The summed E-state index contributed by atoms with van der Waals surface area (Å²) >= 11 is 0. The second kappa shape index (κ2) is 17.5. The van der Waals surface area contributed by atoms with Gasteiger partial charge in [0.2, 0.25) is 29.5 Å². The van der Waals surface area contributed by atoms with E-state index < -0.39 is 78.0 Å². The maximum atomic E-state index is 14.7. The van der Waals surface area contributed by atoms with Gasteiger partial charge in [-0.3, -0.25) is 24.0 Å². The highest BCUT2D eigenvalue weighted by atomic mass is 16.5. The first-order valence-electron chi connectivity index (χ1n) is 19.7. The minimum atomic E-state index is -1.46. The van der Waals surface area contributed by atoms with Gasteiger partial charge < -0.3 is 40.7 Å². The predicted octanol–water partition coefficient (Wildman–Crippen LogP) is 2.27. The fourth-order valence-corrected chi connectivity index (χ4v) is 8.24. The summed E-state index contributed by atoms with van der Waals surface area (Å²) in [6.07, 6.45) is 1.76. The Bertz CT molecular complexity index is 1810. The summed E-state index contributed by atoms with van der Waals surface area (Å²) in [6, 6.07) is 9.24. The van der Waals surface area contributed by atoms with Gasteiger partial charge >= 0.3 is 12.0 Å². The van der Waals surface area contributed by atoms with Crippen molar-refractivity contribution < 1.29 is 38.3 Å². The van der Waals surface area contributed by atoms with Gasteiger partial charge in [-0.1, -0.05) is 55.0 Å². The highest BCUT2D eigenvalue weighted by molar-refractivity contribution is 5.98. The highest BCUT2D eigenvalue weighted by Gasteiger charge is 2.47. The number of amides is 7. The number of benzene rings is 2. The van der Waals surface area contributed by atoms with E-state index >= 15 is 0 Å². The van der Waals surface area contributed by atoms with Gasteiger partial charge in [0, 0.05) is 31.7 Å². The quantitative estimate of drug-likeness (QED) is 0.322. The molecule has 7 amide bonds. The van der Waals surface area contributed by atoms with Crippen LogP contribution in [0.15, 0.2) is 54.6 Å². The standard InChI is InChI=1S/C41H53N7O8/c1-24-15-17-29(18-16-24)43-41(55)44-30(22-28-11-6-5-7-12-28)35(49)45-34-27(4)56-40(54)33-21-25(2)23-48(33)37(51)26(3)42-36(50)31-13-8-9-19-46(31)38(52)32-14-10-20-47(32)39(34)53/h5-7,11-12,15-18,25-27,30-34H,8-10,13-14,19-23H2,1-4H3,(H,42,50)(H,45,49)(H2,43,44,55). The van der Waals surface area contributed by atoms with Crippen LogP contribution in [0.4, 0.5) is 10.5 Å². The third-order valence-electron chi connectivity index (χ3n) is 11.3. The molecule has 0 radical (unpaired) electrons. The Labute approximate surface area is 327 Å². The van der Waals surface area contributed by atoms with E-state index in [1.807, 2.05) is 56.3 Å². The number of ether oxygens (including phenoxy) is 1. The summed E-state index contributed by atoms with van der Waals surface area (Å²) in [5.41, 5.74) is 2.26. The zero-order valence-electron chi connectivity index (χ0n) is 32.5. The van der Waals surface area contributed by atoms with Crippen molar-refractivity contribution in [2.24, 2.45) is 5.92 Å². The molecule has 15 nitrogen and oxygen atoms in total. The molecule has 56 heavy (non-hydrogen) atoms. The Morgan fingerprint density at radius 1 is 0.804 bits per heavy atom. The molecule has 4 aliphatic heterocycles. The number of urea groups is 1. The molecule has 0 spiro atoms. The fourth-order valence-electron chi connectivity index (χ4n) is 8.24. The normalized spacial score (nSPS) is 28.0. The molecule has 4 heterocycles. The van der Waals surface area contributed by atoms with E-state index in [9.17, 15) is 33.6 Å². The number of hydrogen-bond donors (Lipinski definition) is 4. The van der Waals surface area contributed by atoms with Crippen LogP contribution in [0.3, 0.4) is 0 Å². The molecule has 300 valence electrons. The van der Waals surface area contributed by atoms with Crippen LogP contribution in [0.1, 0.15) is 70.4 Å². The number of carbonyl (C=O) groups is 7. The largest absolute Gasteiger partial charge is 0.458 e. The lowest BCUT2D eigenvalue weighted by Crippen LogP contribution is -2.63. The third kappa shape index (κ3) is 9.14. The SMILES string of the molecule is Cc1ccc(NC(=O)NC(Cc2ccccc2)C(=O)NC2C(=O)N3CCCC3C(=O)N3CCCCC3C(=O)NC(C)C(=O)N3CC(C)CC3C(=O)OC2C)cc1. The number of esters is 1. The van der Waals surface area contributed by atoms with Gasteiger partial charge in [-0.25, -0.2) is 9.59 Å². The first kappa shape index (κ1) is 40.2. The van der Waals surface area contributed by atoms with Crippen molar-refractivity contribution in [2.75, 3.05) is 25.0 Å². The van der Waals surface area contributed by atoms with E-state index in [1.54, 1.807) is 19.1 Å². The lowest BCUT2D eigenvalue weighted by Gasteiger charge is -2.39. The number of carbonyl (C=O) groups excluding carboxylic acids is 7. The molecule has 0 saturated carbocycles. The smallest absolute Gasteiger partial charge is 0.329 e. The number of nitrogens with zero attached hydrogens (tertiary/aromatic N) is 3. The van der Waals surface area contributed by atoms with Gasteiger partial charge in [0.25, 0.3) is 0 Å². The van der Waals surface area contributed by atoms with Gasteiger partial charge in [0.15, 0.2) is 0 Å². The summed E-state index contributed by atoms with van der Waals surface area (Å²) in [4.78, 5) is 102. The monoisotopic (exact) mass is 771 g/mol. The number of piperidine rings is 1. The third-order valence-corrected chi connectivity index (χ3v) is 11.3. The summed E-state index contributed by atoms with van der Waals surface area (Å²) in [6.45, 7) is 7.67. The molecule has 2 aromatic rings. The molecule has 0 bridgehead atoms. The Morgan fingerprint density at radius 3 is 2.21 bits per heavy atom. The highest BCUT2D eigenvalue weighted by Crippen LogP contribution is 2.29. The Kier molecular flexibility index (Phi) is 12.6. The first-order chi connectivity index (χ1) is 26.8. The molecule has 0 aromatic heterocycles. The molecule has 0 aliphatic carbocycles. The second-order valence-electron chi connectivity index (χ2n) is 15.6. The van der Waals surface area contributed by atoms with Crippen LogP contribution < -0.4 is 21.3 Å². The molecule has 2 aromatic carbocycles. The van der Waals surface area contributed by atoms with Crippen LogP contribution >= 0.6 is 0 Å². The van der Waals surface area contributed by atoms with Gasteiger partial charge in [-0.05, 0) is 82.9 Å². The van der Waals surface area contributed by atoms with Crippen LogP contribution in [0.25, 0.3) is 0 Å². The molecule has 8 atom stereocenters.